The molecule has 1 aromatic heterocycles. The SMILES string of the molecule is CCC(C)n1nnc2c1-c1ccccc1CNc1ccccc1-2. The highest BCUT2D eigenvalue weighted by atomic mass is 15.4. The third-order valence-electron chi connectivity index (χ3n) is 4.63. The quantitative estimate of drug-likeness (QED) is 0.757. The highest BCUT2D eigenvalue weighted by Crippen LogP contribution is 2.39. The van der Waals surface area contributed by atoms with Crippen LogP contribution in [-0.4, -0.2) is 15.0 Å². The van der Waals surface area contributed by atoms with E-state index in [0.717, 1.165) is 35.6 Å². The number of nitrogens with one attached hydrogen (secondary N) is 1. The Morgan fingerprint density at radius 2 is 1.83 bits per heavy atom. The molecule has 0 aliphatic carbocycles. The van der Waals surface area contributed by atoms with Crippen molar-refractivity contribution in [1.29, 1.82) is 0 Å². The van der Waals surface area contributed by atoms with Gasteiger partial charge in [-0.05, 0) is 25.0 Å². The van der Waals surface area contributed by atoms with E-state index in [1.807, 2.05) is 0 Å². The number of hydrogen-bond donors (Lipinski definition) is 1. The van der Waals surface area contributed by atoms with E-state index >= 15 is 0 Å². The molecule has 4 rings (SSSR count). The van der Waals surface area contributed by atoms with Crippen molar-refractivity contribution in [2.24, 2.45) is 0 Å². The molecule has 3 aromatic rings. The second kappa shape index (κ2) is 5.54. The summed E-state index contributed by atoms with van der Waals surface area (Å²) in [6.45, 7) is 5.18. The Morgan fingerprint density at radius 1 is 1.09 bits per heavy atom. The molecule has 0 radical (unpaired) electrons. The van der Waals surface area contributed by atoms with Gasteiger partial charge in [0.2, 0.25) is 0 Å². The normalized spacial score (nSPS) is 13.8. The van der Waals surface area contributed by atoms with Gasteiger partial charge in [0.05, 0.1) is 11.7 Å². The first kappa shape index (κ1) is 14.0. The molecule has 2 heterocycles. The third-order valence-corrected chi connectivity index (χ3v) is 4.63. The van der Waals surface area contributed by atoms with Gasteiger partial charge in [0, 0.05) is 23.4 Å². The van der Waals surface area contributed by atoms with Crippen molar-refractivity contribution in [3.05, 3.63) is 54.1 Å². The molecule has 0 saturated heterocycles. The van der Waals surface area contributed by atoms with Crippen LogP contribution in [0.25, 0.3) is 22.5 Å². The topological polar surface area (TPSA) is 42.7 Å². The molecule has 0 fully saturated rings. The molecule has 1 atom stereocenters. The summed E-state index contributed by atoms with van der Waals surface area (Å²) < 4.78 is 2.08. The Labute approximate surface area is 136 Å². The molecule has 1 aliphatic rings. The van der Waals surface area contributed by atoms with Gasteiger partial charge in [-0.25, -0.2) is 4.68 Å². The fourth-order valence-electron chi connectivity index (χ4n) is 3.15. The fourth-order valence-corrected chi connectivity index (χ4v) is 3.15. The van der Waals surface area contributed by atoms with E-state index in [9.17, 15) is 0 Å². The summed E-state index contributed by atoms with van der Waals surface area (Å²) in [4.78, 5) is 0. The maximum Gasteiger partial charge on any atom is 0.123 e. The van der Waals surface area contributed by atoms with Gasteiger partial charge in [-0.2, -0.15) is 0 Å². The summed E-state index contributed by atoms with van der Waals surface area (Å²) in [5, 5.41) is 12.6. The first-order valence-corrected chi connectivity index (χ1v) is 8.16. The van der Waals surface area contributed by atoms with E-state index in [-0.39, 0.29) is 0 Å². The van der Waals surface area contributed by atoms with Gasteiger partial charge < -0.3 is 5.32 Å². The molecule has 0 bridgehead atoms. The number of para-hydroxylation sites is 1. The molecule has 0 amide bonds. The molecule has 1 N–H and O–H groups in total. The van der Waals surface area contributed by atoms with Crippen LogP contribution in [0.1, 0.15) is 31.9 Å². The summed E-state index contributed by atoms with van der Waals surface area (Å²) in [6, 6.07) is 17.2. The van der Waals surface area contributed by atoms with E-state index in [4.69, 9.17) is 0 Å². The zero-order valence-electron chi connectivity index (χ0n) is 13.5. The zero-order chi connectivity index (χ0) is 15.8. The summed E-state index contributed by atoms with van der Waals surface area (Å²) in [5.41, 5.74) is 6.81. The van der Waals surface area contributed by atoms with E-state index in [1.165, 1.54) is 11.1 Å². The van der Waals surface area contributed by atoms with E-state index < -0.39 is 0 Å². The van der Waals surface area contributed by atoms with Gasteiger partial charge in [0.25, 0.3) is 0 Å². The van der Waals surface area contributed by atoms with Gasteiger partial charge in [0.1, 0.15) is 5.69 Å². The van der Waals surface area contributed by atoms with Crippen LogP contribution in [0.3, 0.4) is 0 Å². The van der Waals surface area contributed by atoms with Gasteiger partial charge >= 0.3 is 0 Å². The van der Waals surface area contributed by atoms with Crippen LogP contribution in [-0.2, 0) is 6.54 Å². The second-order valence-electron chi connectivity index (χ2n) is 6.04. The Bertz CT molecular complexity index is 850. The molecule has 0 spiro atoms. The van der Waals surface area contributed by atoms with Gasteiger partial charge in [-0.1, -0.05) is 54.6 Å². The van der Waals surface area contributed by atoms with Crippen LogP contribution < -0.4 is 5.32 Å². The van der Waals surface area contributed by atoms with Crippen LogP contribution >= 0.6 is 0 Å². The van der Waals surface area contributed by atoms with Gasteiger partial charge in [0.15, 0.2) is 0 Å². The number of aromatic nitrogens is 3. The Balaban J connectivity index is 2.05. The molecule has 4 nitrogen and oxygen atoms in total. The van der Waals surface area contributed by atoms with Crippen LogP contribution in [0.15, 0.2) is 48.5 Å². The lowest BCUT2D eigenvalue weighted by atomic mass is 9.96. The number of rotatable bonds is 2. The lowest BCUT2D eigenvalue weighted by Gasteiger charge is -2.20. The zero-order valence-corrected chi connectivity index (χ0v) is 13.5. The summed E-state index contributed by atoms with van der Waals surface area (Å²) in [5.74, 6) is 0. The lowest BCUT2D eigenvalue weighted by molar-refractivity contribution is 0.469. The first-order chi connectivity index (χ1) is 11.3. The monoisotopic (exact) mass is 304 g/mol. The van der Waals surface area contributed by atoms with E-state index in [1.54, 1.807) is 0 Å². The van der Waals surface area contributed by atoms with Crippen molar-refractivity contribution in [3.63, 3.8) is 0 Å². The molecular weight excluding hydrogens is 284 g/mol. The Hall–Kier alpha value is -2.62. The predicted molar refractivity (Wildman–Crippen MR) is 93.2 cm³/mol. The van der Waals surface area contributed by atoms with Crippen LogP contribution in [0.2, 0.25) is 0 Å². The first-order valence-electron chi connectivity index (χ1n) is 8.16. The van der Waals surface area contributed by atoms with Crippen molar-refractivity contribution in [1.82, 2.24) is 15.0 Å². The molecule has 0 saturated carbocycles. The number of fused-ring (bicyclic) bond motifs is 5. The number of benzene rings is 2. The minimum Gasteiger partial charge on any atom is -0.380 e. The van der Waals surface area contributed by atoms with Crippen molar-refractivity contribution in [2.75, 3.05) is 5.32 Å². The standard InChI is InChI=1S/C19H20N4/c1-3-13(2)23-19-15-9-5-4-8-14(15)12-20-17-11-7-6-10-16(17)18(19)21-22-23/h4-11,13,20H,3,12H2,1-2H3. The van der Waals surface area contributed by atoms with Crippen molar-refractivity contribution in [2.45, 2.75) is 32.9 Å². The predicted octanol–water partition coefficient (Wildman–Crippen LogP) is 4.51. The molecule has 1 unspecified atom stereocenters. The van der Waals surface area contributed by atoms with Crippen LogP contribution in [0.4, 0.5) is 5.69 Å². The third kappa shape index (κ3) is 2.22. The van der Waals surface area contributed by atoms with Gasteiger partial charge in [-0.15, -0.1) is 5.10 Å². The molecule has 23 heavy (non-hydrogen) atoms. The molecular formula is C19H20N4. The average molecular weight is 304 g/mol. The summed E-state index contributed by atoms with van der Waals surface area (Å²) in [6.07, 6.45) is 1.03. The minimum atomic E-state index is 0.318. The molecule has 116 valence electrons. The van der Waals surface area contributed by atoms with Crippen LogP contribution in [0.5, 0.6) is 0 Å². The summed E-state index contributed by atoms with van der Waals surface area (Å²) >= 11 is 0. The Morgan fingerprint density at radius 3 is 2.65 bits per heavy atom. The molecule has 1 aliphatic heterocycles. The van der Waals surface area contributed by atoms with Crippen molar-refractivity contribution in [3.8, 4) is 22.5 Å². The highest BCUT2D eigenvalue weighted by Gasteiger charge is 2.24. The van der Waals surface area contributed by atoms with E-state index in [2.05, 4.69) is 82.7 Å². The van der Waals surface area contributed by atoms with Gasteiger partial charge in [-0.3, -0.25) is 0 Å². The average Bonchev–Trinajstić information content (AvgIpc) is 3.02. The number of anilines is 1. The smallest absolute Gasteiger partial charge is 0.123 e. The van der Waals surface area contributed by atoms with Crippen molar-refractivity contribution >= 4 is 5.69 Å². The van der Waals surface area contributed by atoms with Crippen molar-refractivity contribution < 1.29 is 0 Å². The Kier molecular flexibility index (Phi) is 3.37. The maximum absolute atomic E-state index is 4.54. The number of hydrogen-bond acceptors (Lipinski definition) is 3. The maximum atomic E-state index is 4.54. The number of nitrogens with zero attached hydrogens (tertiary/aromatic N) is 3. The fraction of sp³-hybridized carbons (Fsp3) is 0.263. The largest absolute Gasteiger partial charge is 0.380 e. The second-order valence-corrected chi connectivity index (χ2v) is 6.04. The summed E-state index contributed by atoms with van der Waals surface area (Å²) in [7, 11) is 0. The molecule has 4 heteroatoms. The highest BCUT2D eigenvalue weighted by molar-refractivity contribution is 5.87. The van der Waals surface area contributed by atoms with E-state index in [0.29, 0.717) is 6.04 Å². The molecule has 2 aromatic carbocycles. The minimum absolute atomic E-state index is 0.318. The van der Waals surface area contributed by atoms with Crippen LogP contribution in [0, 0.1) is 0 Å². The lowest BCUT2D eigenvalue weighted by Crippen LogP contribution is -2.11.